The fraction of sp³-hybridized carbons (Fsp3) is 0.600. The van der Waals surface area contributed by atoms with Crippen molar-refractivity contribution in [1.29, 1.82) is 0 Å². The van der Waals surface area contributed by atoms with Crippen molar-refractivity contribution in [2.24, 2.45) is 17.8 Å². The highest BCUT2D eigenvalue weighted by Crippen LogP contribution is 2.49. The maximum Gasteiger partial charge on any atom is 0.251 e. The van der Waals surface area contributed by atoms with E-state index in [1.54, 1.807) is 0 Å². The summed E-state index contributed by atoms with van der Waals surface area (Å²) in [6.07, 6.45) is 5.28. The predicted octanol–water partition coefficient (Wildman–Crippen LogP) is 2.97. The molecule has 2 amide bonds. The second-order valence-electron chi connectivity index (χ2n) is 7.75. The summed E-state index contributed by atoms with van der Waals surface area (Å²) in [4.78, 5) is 24.4. The van der Waals surface area contributed by atoms with E-state index in [1.807, 2.05) is 32.0 Å². The molecule has 1 aromatic carbocycles. The molecule has 0 aromatic heterocycles. The van der Waals surface area contributed by atoms with Crippen LogP contribution in [0.15, 0.2) is 18.2 Å². The van der Waals surface area contributed by atoms with Gasteiger partial charge in [0.1, 0.15) is 0 Å². The van der Waals surface area contributed by atoms with Gasteiger partial charge in [0.05, 0.1) is 6.54 Å². The van der Waals surface area contributed by atoms with Gasteiger partial charge in [-0.25, -0.2) is 0 Å². The number of nitrogens with one attached hydrogen (secondary N) is 2. The number of benzene rings is 1. The maximum atomic E-state index is 12.2. The minimum atomic E-state index is -0.190. The lowest BCUT2D eigenvalue weighted by Crippen LogP contribution is -2.44. The molecule has 24 heavy (non-hydrogen) atoms. The molecule has 130 valence electrons. The molecule has 2 N–H and O–H groups in total. The Kier molecular flexibility index (Phi) is 4.93. The zero-order chi connectivity index (χ0) is 17.3. The Hall–Kier alpha value is -1.84. The second kappa shape index (κ2) is 6.96. The minimum Gasteiger partial charge on any atom is -0.352 e. The van der Waals surface area contributed by atoms with Crippen LogP contribution in [0.25, 0.3) is 0 Å². The van der Waals surface area contributed by atoms with E-state index < -0.39 is 0 Å². The quantitative estimate of drug-likeness (QED) is 0.873. The molecule has 1 aromatic rings. The average Bonchev–Trinajstić information content (AvgIpc) is 3.14. The molecule has 2 saturated carbocycles. The summed E-state index contributed by atoms with van der Waals surface area (Å²) in [5.74, 6) is 1.99. The van der Waals surface area contributed by atoms with Crippen molar-refractivity contribution in [1.82, 2.24) is 10.6 Å². The lowest BCUT2D eigenvalue weighted by Gasteiger charge is -2.28. The molecule has 0 radical (unpaired) electrons. The molecule has 0 aliphatic heterocycles. The van der Waals surface area contributed by atoms with E-state index in [0.29, 0.717) is 11.5 Å². The van der Waals surface area contributed by atoms with Crippen LogP contribution in [-0.2, 0) is 4.79 Å². The number of hydrogen-bond donors (Lipinski definition) is 2. The maximum absolute atomic E-state index is 12.2. The topological polar surface area (TPSA) is 58.2 Å². The van der Waals surface area contributed by atoms with E-state index in [-0.39, 0.29) is 24.4 Å². The standard InChI is InChI=1S/C20H28N2O2/c1-12-6-13(2)8-17(7-12)20(24)21-11-19(23)22-14(3)18-10-15-4-5-16(18)9-15/h6-8,14-16,18H,4-5,9-11H2,1-3H3,(H,21,24)(H,22,23). The van der Waals surface area contributed by atoms with E-state index >= 15 is 0 Å². The van der Waals surface area contributed by atoms with Gasteiger partial charge in [0, 0.05) is 11.6 Å². The Labute approximate surface area is 144 Å². The van der Waals surface area contributed by atoms with Gasteiger partial charge in [-0.05, 0) is 69.9 Å². The predicted molar refractivity (Wildman–Crippen MR) is 94.8 cm³/mol. The van der Waals surface area contributed by atoms with E-state index in [0.717, 1.165) is 23.0 Å². The van der Waals surface area contributed by atoms with E-state index in [2.05, 4.69) is 17.6 Å². The van der Waals surface area contributed by atoms with Gasteiger partial charge >= 0.3 is 0 Å². The Morgan fingerprint density at radius 1 is 1.12 bits per heavy atom. The van der Waals surface area contributed by atoms with Crippen molar-refractivity contribution in [3.8, 4) is 0 Å². The number of carbonyl (C=O) groups is 2. The largest absolute Gasteiger partial charge is 0.352 e. The van der Waals surface area contributed by atoms with E-state index in [1.165, 1.54) is 25.7 Å². The summed E-state index contributed by atoms with van der Waals surface area (Å²) < 4.78 is 0. The van der Waals surface area contributed by atoms with Crippen LogP contribution in [0, 0.1) is 31.6 Å². The molecule has 2 fully saturated rings. The van der Waals surface area contributed by atoms with Crippen molar-refractivity contribution in [2.45, 2.75) is 52.5 Å². The molecular weight excluding hydrogens is 300 g/mol. The highest BCUT2D eigenvalue weighted by molar-refractivity contribution is 5.96. The summed E-state index contributed by atoms with van der Waals surface area (Å²) in [6, 6.07) is 5.92. The van der Waals surface area contributed by atoms with Crippen molar-refractivity contribution in [2.75, 3.05) is 6.54 Å². The third-order valence-corrected chi connectivity index (χ3v) is 5.72. The lowest BCUT2D eigenvalue weighted by atomic mass is 9.84. The van der Waals surface area contributed by atoms with Crippen LogP contribution in [0.2, 0.25) is 0 Å². The summed E-state index contributed by atoms with van der Waals surface area (Å²) in [5, 5.41) is 5.81. The normalized spacial score (nSPS) is 26.2. The van der Waals surface area contributed by atoms with Crippen LogP contribution in [0.1, 0.15) is 54.1 Å². The van der Waals surface area contributed by atoms with E-state index in [9.17, 15) is 9.59 Å². The highest BCUT2D eigenvalue weighted by Gasteiger charge is 2.42. The third kappa shape index (κ3) is 3.80. The fourth-order valence-electron chi connectivity index (χ4n) is 4.69. The van der Waals surface area contributed by atoms with Crippen LogP contribution in [-0.4, -0.2) is 24.4 Å². The Balaban J connectivity index is 1.47. The monoisotopic (exact) mass is 328 g/mol. The van der Waals surface area contributed by atoms with Gasteiger partial charge in [0.25, 0.3) is 5.91 Å². The number of carbonyl (C=O) groups excluding carboxylic acids is 2. The minimum absolute atomic E-state index is 0.0387. The second-order valence-corrected chi connectivity index (χ2v) is 7.75. The van der Waals surface area contributed by atoms with Gasteiger partial charge in [-0.2, -0.15) is 0 Å². The van der Waals surface area contributed by atoms with Crippen LogP contribution in [0.5, 0.6) is 0 Å². The van der Waals surface area contributed by atoms with Crippen molar-refractivity contribution in [3.63, 3.8) is 0 Å². The van der Waals surface area contributed by atoms with Gasteiger partial charge in [0.2, 0.25) is 5.91 Å². The van der Waals surface area contributed by atoms with Crippen LogP contribution in [0.3, 0.4) is 0 Å². The van der Waals surface area contributed by atoms with Gasteiger partial charge < -0.3 is 10.6 Å². The first kappa shape index (κ1) is 17.0. The summed E-state index contributed by atoms with van der Waals surface area (Å²) in [5.41, 5.74) is 2.71. The first-order valence-electron chi connectivity index (χ1n) is 9.08. The van der Waals surface area contributed by atoms with Crippen LogP contribution >= 0.6 is 0 Å². The molecule has 0 spiro atoms. The number of rotatable bonds is 5. The summed E-state index contributed by atoms with van der Waals surface area (Å²) >= 11 is 0. The zero-order valence-electron chi connectivity index (χ0n) is 14.9. The van der Waals surface area contributed by atoms with Gasteiger partial charge in [0.15, 0.2) is 0 Å². The molecule has 4 unspecified atom stereocenters. The molecule has 3 rings (SSSR count). The van der Waals surface area contributed by atoms with Crippen LogP contribution < -0.4 is 10.6 Å². The van der Waals surface area contributed by atoms with Crippen molar-refractivity contribution in [3.05, 3.63) is 34.9 Å². The number of hydrogen-bond acceptors (Lipinski definition) is 2. The average molecular weight is 328 g/mol. The van der Waals surface area contributed by atoms with Gasteiger partial charge in [-0.1, -0.05) is 23.6 Å². The first-order valence-corrected chi connectivity index (χ1v) is 9.08. The molecule has 4 heteroatoms. The Bertz CT molecular complexity index is 620. The van der Waals surface area contributed by atoms with Crippen LogP contribution in [0.4, 0.5) is 0 Å². The molecule has 4 atom stereocenters. The number of amides is 2. The Morgan fingerprint density at radius 2 is 1.83 bits per heavy atom. The molecule has 0 saturated heterocycles. The van der Waals surface area contributed by atoms with E-state index in [4.69, 9.17) is 0 Å². The third-order valence-electron chi connectivity index (χ3n) is 5.72. The smallest absolute Gasteiger partial charge is 0.251 e. The van der Waals surface area contributed by atoms with Crippen molar-refractivity contribution < 1.29 is 9.59 Å². The zero-order valence-corrected chi connectivity index (χ0v) is 14.9. The molecule has 2 aliphatic rings. The first-order chi connectivity index (χ1) is 11.4. The summed E-state index contributed by atoms with van der Waals surface area (Å²) in [7, 11) is 0. The lowest BCUT2D eigenvalue weighted by molar-refractivity contribution is -0.121. The molecule has 2 aliphatic carbocycles. The molecular formula is C20H28N2O2. The molecule has 0 heterocycles. The highest BCUT2D eigenvalue weighted by atomic mass is 16.2. The molecule has 2 bridgehead atoms. The number of fused-ring (bicyclic) bond motifs is 2. The number of aryl methyl sites for hydroxylation is 2. The SMILES string of the molecule is Cc1cc(C)cc(C(=O)NCC(=O)NC(C)C2CC3CCC2C3)c1. The summed E-state index contributed by atoms with van der Waals surface area (Å²) in [6.45, 7) is 6.08. The van der Waals surface area contributed by atoms with Crippen molar-refractivity contribution >= 4 is 11.8 Å². The molecule has 4 nitrogen and oxygen atoms in total. The van der Waals surface area contributed by atoms with Gasteiger partial charge in [-0.3, -0.25) is 9.59 Å². The van der Waals surface area contributed by atoms with Gasteiger partial charge in [-0.15, -0.1) is 0 Å². The Morgan fingerprint density at radius 3 is 2.42 bits per heavy atom. The fourth-order valence-corrected chi connectivity index (χ4v) is 4.69.